The molecule has 20 heavy (non-hydrogen) atoms. The smallest absolute Gasteiger partial charge is 0.288 e. The Hall–Kier alpha value is -2.70. The van der Waals surface area contributed by atoms with Crippen molar-refractivity contribution in [2.45, 2.75) is 13.5 Å². The van der Waals surface area contributed by atoms with Gasteiger partial charge in [0.1, 0.15) is 5.82 Å². The molecule has 2 rings (SSSR count). The van der Waals surface area contributed by atoms with Gasteiger partial charge in [-0.3, -0.25) is 14.9 Å². The van der Waals surface area contributed by atoms with E-state index in [4.69, 9.17) is 0 Å². The average molecular weight is 274 g/mol. The fraction of sp³-hybridized carbons (Fsp3) is 0.231. The Morgan fingerprint density at radius 1 is 1.45 bits per heavy atom. The Labute approximate surface area is 115 Å². The number of pyridine rings is 2. The van der Waals surface area contributed by atoms with Crippen molar-refractivity contribution in [2.75, 3.05) is 12.4 Å². The lowest BCUT2D eigenvalue weighted by molar-refractivity contribution is -0.385. The summed E-state index contributed by atoms with van der Waals surface area (Å²) in [5, 5.41) is 13.8. The van der Waals surface area contributed by atoms with Crippen LogP contribution in [0.5, 0.6) is 0 Å². The van der Waals surface area contributed by atoms with Gasteiger partial charge in [0.15, 0.2) is 0 Å². The molecule has 0 spiro atoms. The van der Waals surface area contributed by atoms with Gasteiger partial charge >= 0.3 is 0 Å². The highest BCUT2D eigenvalue weighted by atomic mass is 16.6. The van der Waals surface area contributed by atoms with Gasteiger partial charge in [0.05, 0.1) is 23.4 Å². The molecular formula is C13H14N4O3. The van der Waals surface area contributed by atoms with Gasteiger partial charge < -0.3 is 9.88 Å². The van der Waals surface area contributed by atoms with E-state index in [0.717, 1.165) is 0 Å². The lowest BCUT2D eigenvalue weighted by Crippen LogP contribution is -2.21. The van der Waals surface area contributed by atoms with Crippen LogP contribution in [0.1, 0.15) is 11.3 Å². The highest BCUT2D eigenvalue weighted by Crippen LogP contribution is 2.14. The molecule has 0 aliphatic rings. The van der Waals surface area contributed by atoms with Crippen molar-refractivity contribution in [1.29, 1.82) is 0 Å². The van der Waals surface area contributed by atoms with E-state index >= 15 is 0 Å². The Morgan fingerprint density at radius 2 is 2.20 bits per heavy atom. The second-order valence-corrected chi connectivity index (χ2v) is 4.33. The van der Waals surface area contributed by atoms with Gasteiger partial charge in [-0.05, 0) is 19.1 Å². The molecule has 1 N–H and O–H groups in total. The van der Waals surface area contributed by atoms with Crippen LogP contribution in [0.2, 0.25) is 0 Å². The van der Waals surface area contributed by atoms with E-state index in [2.05, 4.69) is 10.3 Å². The Morgan fingerprint density at radius 3 is 2.85 bits per heavy atom. The summed E-state index contributed by atoms with van der Waals surface area (Å²) in [7, 11) is 1.75. The van der Waals surface area contributed by atoms with Gasteiger partial charge in [0.25, 0.3) is 11.2 Å². The standard InChI is InChI=1S/C13H14N4O3/c1-9-6-13(18)16(8-11(9)17(19)20)7-10-4-3-5-12(14-2)15-10/h3-6,8H,7H2,1-2H3,(H,14,15). The molecule has 0 fully saturated rings. The molecule has 0 atom stereocenters. The maximum atomic E-state index is 11.9. The summed E-state index contributed by atoms with van der Waals surface area (Å²) in [6.07, 6.45) is 1.26. The molecule has 0 unspecified atom stereocenters. The van der Waals surface area contributed by atoms with Gasteiger partial charge in [0, 0.05) is 18.7 Å². The molecule has 0 radical (unpaired) electrons. The molecule has 0 aliphatic heterocycles. The molecule has 7 nitrogen and oxygen atoms in total. The molecule has 2 heterocycles. The van der Waals surface area contributed by atoms with Crippen LogP contribution >= 0.6 is 0 Å². The van der Waals surface area contributed by atoms with Crippen LogP contribution in [0.4, 0.5) is 11.5 Å². The predicted octanol–water partition coefficient (Wildman–Crippen LogP) is 1.55. The molecule has 0 aliphatic carbocycles. The number of aryl methyl sites for hydroxylation is 1. The maximum Gasteiger partial charge on any atom is 0.288 e. The molecule has 0 aromatic carbocycles. The van der Waals surface area contributed by atoms with Gasteiger partial charge in [-0.25, -0.2) is 4.98 Å². The second kappa shape index (κ2) is 5.52. The van der Waals surface area contributed by atoms with Crippen LogP contribution in [-0.4, -0.2) is 21.5 Å². The van der Waals surface area contributed by atoms with Crippen molar-refractivity contribution < 1.29 is 4.92 Å². The van der Waals surface area contributed by atoms with Crippen molar-refractivity contribution in [3.05, 3.63) is 62.2 Å². The third-order valence-corrected chi connectivity index (χ3v) is 2.90. The number of nitro groups is 1. The topological polar surface area (TPSA) is 90.1 Å². The largest absolute Gasteiger partial charge is 0.373 e. The third kappa shape index (κ3) is 2.82. The van der Waals surface area contributed by atoms with Crippen LogP contribution in [0.3, 0.4) is 0 Å². The van der Waals surface area contributed by atoms with Gasteiger partial charge in [-0.15, -0.1) is 0 Å². The number of rotatable bonds is 4. The van der Waals surface area contributed by atoms with E-state index in [-0.39, 0.29) is 17.8 Å². The van der Waals surface area contributed by atoms with E-state index in [1.165, 1.54) is 16.8 Å². The quantitative estimate of drug-likeness (QED) is 0.674. The Bertz CT molecular complexity index is 709. The monoisotopic (exact) mass is 274 g/mol. The molecule has 7 heteroatoms. The van der Waals surface area contributed by atoms with Gasteiger partial charge in [-0.2, -0.15) is 0 Å². The van der Waals surface area contributed by atoms with Crippen molar-refractivity contribution in [3.8, 4) is 0 Å². The van der Waals surface area contributed by atoms with E-state index in [1.807, 2.05) is 6.07 Å². The van der Waals surface area contributed by atoms with Crippen LogP contribution in [0, 0.1) is 17.0 Å². The summed E-state index contributed by atoms with van der Waals surface area (Å²) in [6, 6.07) is 6.63. The minimum Gasteiger partial charge on any atom is -0.373 e. The molecule has 2 aromatic heterocycles. The molecule has 104 valence electrons. The Balaban J connectivity index is 2.40. The minimum absolute atomic E-state index is 0.0747. The molecule has 0 saturated carbocycles. The zero-order valence-electron chi connectivity index (χ0n) is 11.2. The fourth-order valence-corrected chi connectivity index (χ4v) is 1.85. The lowest BCUT2D eigenvalue weighted by Gasteiger charge is -2.07. The van der Waals surface area contributed by atoms with E-state index in [0.29, 0.717) is 17.1 Å². The number of hydrogen-bond donors (Lipinski definition) is 1. The van der Waals surface area contributed by atoms with E-state index < -0.39 is 4.92 Å². The lowest BCUT2D eigenvalue weighted by atomic mass is 10.2. The zero-order chi connectivity index (χ0) is 14.7. The van der Waals surface area contributed by atoms with E-state index in [9.17, 15) is 14.9 Å². The first-order valence-electron chi connectivity index (χ1n) is 6.00. The van der Waals surface area contributed by atoms with Crippen molar-refractivity contribution in [3.63, 3.8) is 0 Å². The van der Waals surface area contributed by atoms with Crippen LogP contribution in [0.25, 0.3) is 0 Å². The SMILES string of the molecule is CNc1cccc(Cn2cc([N+](=O)[O-])c(C)cc2=O)n1. The van der Waals surface area contributed by atoms with Crippen LogP contribution < -0.4 is 10.9 Å². The first kappa shape index (κ1) is 13.7. The molecule has 2 aromatic rings. The highest BCUT2D eigenvalue weighted by molar-refractivity contribution is 5.37. The first-order chi connectivity index (χ1) is 9.51. The first-order valence-corrected chi connectivity index (χ1v) is 6.00. The maximum absolute atomic E-state index is 11.9. The molecule has 0 amide bonds. The molecule has 0 saturated heterocycles. The van der Waals surface area contributed by atoms with Gasteiger partial charge in [0.2, 0.25) is 0 Å². The number of nitrogens with one attached hydrogen (secondary N) is 1. The van der Waals surface area contributed by atoms with Crippen molar-refractivity contribution in [1.82, 2.24) is 9.55 Å². The summed E-state index contributed by atoms with van der Waals surface area (Å²) in [6.45, 7) is 1.74. The summed E-state index contributed by atoms with van der Waals surface area (Å²) in [4.78, 5) is 26.6. The summed E-state index contributed by atoms with van der Waals surface area (Å²) in [5.74, 6) is 0.678. The van der Waals surface area contributed by atoms with Gasteiger partial charge in [-0.1, -0.05) is 6.07 Å². The average Bonchev–Trinajstić information content (AvgIpc) is 2.41. The number of anilines is 1. The zero-order valence-corrected chi connectivity index (χ0v) is 11.2. The third-order valence-electron chi connectivity index (χ3n) is 2.90. The van der Waals surface area contributed by atoms with Crippen molar-refractivity contribution >= 4 is 11.5 Å². The van der Waals surface area contributed by atoms with Crippen LogP contribution in [0.15, 0.2) is 35.3 Å². The van der Waals surface area contributed by atoms with Crippen LogP contribution in [-0.2, 0) is 6.54 Å². The number of nitrogens with zero attached hydrogens (tertiary/aromatic N) is 3. The summed E-state index contributed by atoms with van der Waals surface area (Å²) >= 11 is 0. The second-order valence-electron chi connectivity index (χ2n) is 4.33. The predicted molar refractivity (Wildman–Crippen MR) is 75.0 cm³/mol. The minimum atomic E-state index is -0.497. The normalized spacial score (nSPS) is 10.3. The fourth-order valence-electron chi connectivity index (χ4n) is 1.85. The van der Waals surface area contributed by atoms with E-state index in [1.54, 1.807) is 26.1 Å². The molecule has 0 bridgehead atoms. The number of aromatic nitrogens is 2. The molecular weight excluding hydrogens is 260 g/mol. The summed E-state index contributed by atoms with van der Waals surface area (Å²) < 4.78 is 1.28. The number of hydrogen-bond acceptors (Lipinski definition) is 5. The Kier molecular flexibility index (Phi) is 3.79. The summed E-state index contributed by atoms with van der Waals surface area (Å²) in [5.41, 5.74) is 0.643. The highest BCUT2D eigenvalue weighted by Gasteiger charge is 2.13. The van der Waals surface area contributed by atoms with Crippen molar-refractivity contribution in [2.24, 2.45) is 0 Å².